The average molecular weight is 328 g/mol. The fraction of sp³-hybridized carbons (Fsp3) is 0.217. The highest BCUT2D eigenvalue weighted by Gasteiger charge is 2.33. The van der Waals surface area contributed by atoms with Crippen molar-refractivity contribution in [1.82, 2.24) is 0 Å². The third-order valence-corrected chi connectivity index (χ3v) is 5.00. The predicted molar refractivity (Wildman–Crippen MR) is 106 cm³/mol. The quantitative estimate of drug-likeness (QED) is 0.641. The van der Waals surface area contributed by atoms with Gasteiger partial charge in [-0.25, -0.2) is 0 Å². The molecule has 1 aliphatic rings. The third kappa shape index (κ3) is 3.12. The number of anilines is 2. The normalized spacial score (nSPS) is 15.0. The fourth-order valence-corrected chi connectivity index (χ4v) is 3.63. The summed E-state index contributed by atoms with van der Waals surface area (Å²) in [5.74, 6) is 0. The minimum atomic E-state index is 0.228. The lowest BCUT2D eigenvalue weighted by Gasteiger charge is -2.33. The van der Waals surface area contributed by atoms with E-state index in [-0.39, 0.29) is 6.17 Å². The van der Waals surface area contributed by atoms with E-state index >= 15 is 0 Å². The Balaban J connectivity index is 1.75. The Morgan fingerprint density at radius 2 is 1.04 bits per heavy atom. The van der Waals surface area contributed by atoms with Crippen LogP contribution in [0, 0.1) is 13.8 Å². The molecule has 1 fully saturated rings. The van der Waals surface area contributed by atoms with Gasteiger partial charge in [-0.1, -0.05) is 65.7 Å². The number of benzene rings is 3. The maximum absolute atomic E-state index is 2.51. The second-order valence-electron chi connectivity index (χ2n) is 6.84. The summed E-state index contributed by atoms with van der Waals surface area (Å²) in [5.41, 5.74) is 6.51. The first-order valence-corrected chi connectivity index (χ1v) is 8.94. The van der Waals surface area contributed by atoms with E-state index in [1.807, 2.05) is 0 Å². The van der Waals surface area contributed by atoms with Gasteiger partial charge in [0.25, 0.3) is 0 Å². The zero-order chi connectivity index (χ0) is 17.2. The van der Waals surface area contributed by atoms with E-state index in [9.17, 15) is 0 Å². The third-order valence-electron chi connectivity index (χ3n) is 5.00. The molecular formula is C23H24N2. The minimum absolute atomic E-state index is 0.228. The lowest BCUT2D eigenvalue weighted by Crippen LogP contribution is -2.30. The van der Waals surface area contributed by atoms with Gasteiger partial charge in [0.2, 0.25) is 0 Å². The average Bonchev–Trinajstić information content (AvgIpc) is 3.09. The molecule has 0 unspecified atom stereocenters. The number of rotatable bonds is 3. The van der Waals surface area contributed by atoms with E-state index in [4.69, 9.17) is 0 Å². The molecule has 0 spiro atoms. The van der Waals surface area contributed by atoms with Gasteiger partial charge in [0.05, 0.1) is 0 Å². The Morgan fingerprint density at radius 1 is 0.600 bits per heavy atom. The molecule has 0 saturated carbocycles. The molecule has 0 bridgehead atoms. The van der Waals surface area contributed by atoms with E-state index in [1.165, 1.54) is 28.1 Å². The predicted octanol–water partition coefficient (Wildman–Crippen LogP) is 5.33. The maximum Gasteiger partial charge on any atom is 0.128 e. The van der Waals surface area contributed by atoms with Gasteiger partial charge < -0.3 is 9.80 Å². The lowest BCUT2D eigenvalue weighted by molar-refractivity contribution is 0.717. The zero-order valence-electron chi connectivity index (χ0n) is 14.9. The standard InChI is InChI=1S/C23H24N2/c1-18-8-12-21(13-9-18)24-16-17-25(22-14-10-19(2)11-15-22)23(24)20-6-4-3-5-7-20/h3-15,23H,16-17H2,1-2H3. The largest absolute Gasteiger partial charge is 0.346 e. The minimum Gasteiger partial charge on any atom is -0.346 e. The second-order valence-corrected chi connectivity index (χ2v) is 6.84. The van der Waals surface area contributed by atoms with Gasteiger partial charge >= 0.3 is 0 Å². The monoisotopic (exact) mass is 328 g/mol. The van der Waals surface area contributed by atoms with Crippen LogP contribution in [0.5, 0.6) is 0 Å². The van der Waals surface area contributed by atoms with Crippen molar-refractivity contribution in [2.75, 3.05) is 22.9 Å². The van der Waals surface area contributed by atoms with Gasteiger partial charge in [-0.3, -0.25) is 0 Å². The summed E-state index contributed by atoms with van der Waals surface area (Å²) in [6.07, 6.45) is 0.228. The molecule has 2 nitrogen and oxygen atoms in total. The fourth-order valence-electron chi connectivity index (χ4n) is 3.63. The van der Waals surface area contributed by atoms with E-state index < -0.39 is 0 Å². The van der Waals surface area contributed by atoms with Crippen molar-refractivity contribution in [2.45, 2.75) is 20.0 Å². The topological polar surface area (TPSA) is 6.48 Å². The molecule has 0 aliphatic carbocycles. The molecule has 1 aliphatic heterocycles. The Morgan fingerprint density at radius 3 is 1.48 bits per heavy atom. The van der Waals surface area contributed by atoms with Crippen LogP contribution in [0.4, 0.5) is 11.4 Å². The maximum atomic E-state index is 2.51. The molecule has 25 heavy (non-hydrogen) atoms. The molecule has 0 amide bonds. The molecule has 0 aromatic heterocycles. The van der Waals surface area contributed by atoms with Crippen LogP contribution in [0.3, 0.4) is 0 Å². The van der Waals surface area contributed by atoms with Crippen molar-refractivity contribution >= 4 is 11.4 Å². The van der Waals surface area contributed by atoms with E-state index in [0.717, 1.165) is 13.1 Å². The Labute approximate surface area is 150 Å². The summed E-state index contributed by atoms with van der Waals surface area (Å²) in [4.78, 5) is 5.02. The Hall–Kier alpha value is -2.74. The molecular weight excluding hydrogens is 304 g/mol. The van der Waals surface area contributed by atoms with Gasteiger partial charge in [-0.2, -0.15) is 0 Å². The van der Waals surface area contributed by atoms with Crippen LogP contribution >= 0.6 is 0 Å². The molecule has 3 aromatic carbocycles. The smallest absolute Gasteiger partial charge is 0.128 e. The van der Waals surface area contributed by atoms with Crippen LogP contribution in [-0.2, 0) is 0 Å². The summed E-state index contributed by atoms with van der Waals surface area (Å²) < 4.78 is 0. The van der Waals surface area contributed by atoms with Crippen LogP contribution in [-0.4, -0.2) is 13.1 Å². The summed E-state index contributed by atoms with van der Waals surface area (Å²) >= 11 is 0. The zero-order valence-corrected chi connectivity index (χ0v) is 14.9. The van der Waals surface area contributed by atoms with E-state index in [1.54, 1.807) is 0 Å². The first kappa shape index (κ1) is 15.8. The molecule has 2 heteroatoms. The molecule has 0 radical (unpaired) electrons. The van der Waals surface area contributed by atoms with Crippen molar-refractivity contribution in [3.05, 3.63) is 95.6 Å². The number of hydrogen-bond acceptors (Lipinski definition) is 2. The number of aryl methyl sites for hydroxylation is 2. The van der Waals surface area contributed by atoms with Gasteiger partial charge in [0.15, 0.2) is 0 Å². The van der Waals surface area contributed by atoms with E-state index in [0.29, 0.717) is 0 Å². The lowest BCUT2D eigenvalue weighted by atomic mass is 10.1. The van der Waals surface area contributed by atoms with Crippen molar-refractivity contribution < 1.29 is 0 Å². The highest BCUT2D eigenvalue weighted by molar-refractivity contribution is 5.59. The van der Waals surface area contributed by atoms with Crippen molar-refractivity contribution in [1.29, 1.82) is 0 Å². The van der Waals surface area contributed by atoms with Gasteiger partial charge in [0, 0.05) is 24.5 Å². The van der Waals surface area contributed by atoms with Crippen molar-refractivity contribution in [3.8, 4) is 0 Å². The Bertz CT molecular complexity index is 769. The summed E-state index contributed by atoms with van der Waals surface area (Å²) in [5, 5.41) is 0. The first-order valence-electron chi connectivity index (χ1n) is 8.94. The molecule has 4 rings (SSSR count). The van der Waals surface area contributed by atoms with Gasteiger partial charge in [-0.05, 0) is 43.7 Å². The van der Waals surface area contributed by atoms with Crippen LogP contribution < -0.4 is 9.80 Å². The molecule has 3 aromatic rings. The van der Waals surface area contributed by atoms with Crippen molar-refractivity contribution in [3.63, 3.8) is 0 Å². The second kappa shape index (κ2) is 6.64. The summed E-state index contributed by atoms with van der Waals surface area (Å²) in [6, 6.07) is 28.6. The summed E-state index contributed by atoms with van der Waals surface area (Å²) in [6.45, 7) is 6.33. The highest BCUT2D eigenvalue weighted by Crippen LogP contribution is 2.37. The van der Waals surface area contributed by atoms with Crippen LogP contribution in [0.25, 0.3) is 0 Å². The Kier molecular flexibility index (Phi) is 4.19. The summed E-state index contributed by atoms with van der Waals surface area (Å²) in [7, 11) is 0. The molecule has 1 heterocycles. The van der Waals surface area contributed by atoms with Crippen LogP contribution in [0.15, 0.2) is 78.9 Å². The van der Waals surface area contributed by atoms with Crippen molar-refractivity contribution in [2.24, 2.45) is 0 Å². The molecule has 0 N–H and O–H groups in total. The SMILES string of the molecule is Cc1ccc(N2CCN(c3ccc(C)cc3)C2c2ccccc2)cc1. The van der Waals surface area contributed by atoms with Crippen LogP contribution in [0.1, 0.15) is 22.9 Å². The number of nitrogens with zero attached hydrogens (tertiary/aromatic N) is 2. The molecule has 126 valence electrons. The van der Waals surface area contributed by atoms with E-state index in [2.05, 4.69) is 103 Å². The first-order chi connectivity index (χ1) is 12.2. The molecule has 1 saturated heterocycles. The van der Waals surface area contributed by atoms with Gasteiger partial charge in [-0.15, -0.1) is 0 Å². The number of hydrogen-bond donors (Lipinski definition) is 0. The van der Waals surface area contributed by atoms with Gasteiger partial charge in [0.1, 0.15) is 6.17 Å². The highest BCUT2D eigenvalue weighted by atomic mass is 15.4. The molecule has 0 atom stereocenters. The van der Waals surface area contributed by atoms with Crippen LogP contribution in [0.2, 0.25) is 0 Å².